The second kappa shape index (κ2) is 5.48. The Kier molecular flexibility index (Phi) is 4.28. The van der Waals surface area contributed by atoms with Gasteiger partial charge in [0, 0.05) is 19.8 Å². The van der Waals surface area contributed by atoms with Crippen molar-refractivity contribution in [2.24, 2.45) is 0 Å². The van der Waals surface area contributed by atoms with Crippen LogP contribution in [-0.2, 0) is 0 Å². The van der Waals surface area contributed by atoms with Crippen LogP contribution in [0.15, 0.2) is 24.3 Å². The van der Waals surface area contributed by atoms with Crippen LogP contribution in [0.1, 0.15) is 18.6 Å². The maximum Gasteiger partial charge on any atom is 0.333 e. The maximum absolute atomic E-state index is 11.4. The fraction of sp³-hybridized carbons (Fsp3) is 0.364. The molecule has 88 valence electrons. The van der Waals surface area contributed by atoms with Crippen molar-refractivity contribution in [2.75, 3.05) is 19.4 Å². The molecule has 1 aromatic rings. The van der Waals surface area contributed by atoms with Gasteiger partial charge in [0.05, 0.1) is 6.10 Å². The number of urea groups is 1. The fourth-order valence-corrected chi connectivity index (χ4v) is 1.24. The Morgan fingerprint density at radius 3 is 2.69 bits per heavy atom. The molecule has 0 radical (unpaired) electrons. The number of hydrogen-bond acceptors (Lipinski definition) is 3. The second-order valence-electron chi connectivity index (χ2n) is 3.76. The molecule has 0 saturated carbocycles. The van der Waals surface area contributed by atoms with E-state index in [1.54, 1.807) is 50.3 Å². The van der Waals surface area contributed by atoms with Crippen molar-refractivity contribution in [1.82, 2.24) is 10.4 Å². The fourth-order valence-electron chi connectivity index (χ4n) is 1.24. The number of carbonyl (C=O) groups excluding carboxylic acids is 1. The SMILES string of the molecule is CC(O)c1cccc(NC(=O)NN(C)C)c1. The number of hydrazine groups is 1. The Balaban J connectivity index is 2.67. The molecule has 1 aromatic carbocycles. The average Bonchev–Trinajstić information content (AvgIpc) is 2.16. The Labute approximate surface area is 95.0 Å². The Morgan fingerprint density at radius 2 is 2.12 bits per heavy atom. The molecule has 0 bridgehead atoms. The summed E-state index contributed by atoms with van der Waals surface area (Å²) in [5, 5.41) is 13.6. The van der Waals surface area contributed by atoms with Crippen LogP contribution >= 0.6 is 0 Å². The number of carbonyl (C=O) groups is 1. The number of aliphatic hydroxyl groups is 1. The van der Waals surface area contributed by atoms with Crippen LogP contribution in [0.2, 0.25) is 0 Å². The first kappa shape index (κ1) is 12.5. The highest BCUT2D eigenvalue weighted by Gasteiger charge is 2.04. The standard InChI is InChI=1S/C11H17N3O2/c1-8(15)9-5-4-6-10(7-9)12-11(16)13-14(2)3/h4-8,15H,1-3H3,(H2,12,13,16). The predicted molar refractivity (Wildman–Crippen MR) is 62.9 cm³/mol. The molecule has 0 spiro atoms. The van der Waals surface area contributed by atoms with E-state index in [-0.39, 0.29) is 6.03 Å². The summed E-state index contributed by atoms with van der Waals surface area (Å²) in [5.74, 6) is 0. The zero-order valence-electron chi connectivity index (χ0n) is 9.69. The van der Waals surface area contributed by atoms with Gasteiger partial charge < -0.3 is 10.4 Å². The van der Waals surface area contributed by atoms with Crippen molar-refractivity contribution in [2.45, 2.75) is 13.0 Å². The van der Waals surface area contributed by atoms with E-state index in [1.165, 1.54) is 0 Å². The summed E-state index contributed by atoms with van der Waals surface area (Å²) in [5.41, 5.74) is 3.98. The summed E-state index contributed by atoms with van der Waals surface area (Å²) in [4.78, 5) is 11.4. The second-order valence-corrected chi connectivity index (χ2v) is 3.76. The number of rotatable bonds is 3. The molecule has 1 unspecified atom stereocenters. The van der Waals surface area contributed by atoms with Gasteiger partial charge in [-0.3, -0.25) is 5.43 Å². The van der Waals surface area contributed by atoms with Gasteiger partial charge in [-0.2, -0.15) is 0 Å². The zero-order valence-corrected chi connectivity index (χ0v) is 9.69. The molecular formula is C11H17N3O2. The van der Waals surface area contributed by atoms with Crippen molar-refractivity contribution in [1.29, 1.82) is 0 Å². The third-order valence-corrected chi connectivity index (χ3v) is 1.95. The third-order valence-electron chi connectivity index (χ3n) is 1.95. The van der Waals surface area contributed by atoms with Crippen molar-refractivity contribution in [3.63, 3.8) is 0 Å². The minimum atomic E-state index is -0.543. The molecule has 0 aromatic heterocycles. The lowest BCUT2D eigenvalue weighted by Gasteiger charge is -2.13. The molecule has 16 heavy (non-hydrogen) atoms. The summed E-state index contributed by atoms with van der Waals surface area (Å²) in [7, 11) is 3.46. The van der Waals surface area contributed by atoms with Gasteiger partial charge in [-0.05, 0) is 24.6 Å². The lowest BCUT2D eigenvalue weighted by Crippen LogP contribution is -2.39. The van der Waals surface area contributed by atoms with E-state index in [0.717, 1.165) is 5.56 Å². The quantitative estimate of drug-likeness (QED) is 0.677. The van der Waals surface area contributed by atoms with Crippen LogP contribution in [-0.4, -0.2) is 30.2 Å². The van der Waals surface area contributed by atoms with E-state index in [2.05, 4.69) is 10.7 Å². The molecule has 5 heteroatoms. The number of anilines is 1. The minimum Gasteiger partial charge on any atom is -0.389 e. The summed E-state index contributed by atoms with van der Waals surface area (Å²) < 4.78 is 0. The Morgan fingerprint density at radius 1 is 1.44 bits per heavy atom. The molecule has 5 nitrogen and oxygen atoms in total. The molecule has 3 N–H and O–H groups in total. The van der Waals surface area contributed by atoms with Gasteiger partial charge in [0.1, 0.15) is 0 Å². The summed E-state index contributed by atoms with van der Waals surface area (Å²) in [6, 6.07) is 6.78. The van der Waals surface area contributed by atoms with Gasteiger partial charge >= 0.3 is 6.03 Å². The van der Waals surface area contributed by atoms with Gasteiger partial charge in [0.2, 0.25) is 0 Å². The summed E-state index contributed by atoms with van der Waals surface area (Å²) >= 11 is 0. The van der Waals surface area contributed by atoms with Crippen molar-refractivity contribution in [3.05, 3.63) is 29.8 Å². The molecule has 0 aliphatic carbocycles. The van der Waals surface area contributed by atoms with E-state index < -0.39 is 6.10 Å². The van der Waals surface area contributed by atoms with Gasteiger partial charge in [0.15, 0.2) is 0 Å². The number of hydrogen-bond donors (Lipinski definition) is 3. The highest BCUT2D eigenvalue weighted by molar-refractivity contribution is 5.88. The maximum atomic E-state index is 11.4. The van der Waals surface area contributed by atoms with Gasteiger partial charge in [-0.1, -0.05) is 12.1 Å². The minimum absolute atomic E-state index is 0.312. The molecule has 0 aliphatic heterocycles. The van der Waals surface area contributed by atoms with Crippen LogP contribution in [0.25, 0.3) is 0 Å². The van der Waals surface area contributed by atoms with E-state index in [4.69, 9.17) is 0 Å². The predicted octanol–water partition coefficient (Wildman–Crippen LogP) is 1.34. The van der Waals surface area contributed by atoms with E-state index in [0.29, 0.717) is 5.69 Å². The number of nitrogens with zero attached hydrogens (tertiary/aromatic N) is 1. The van der Waals surface area contributed by atoms with Crippen LogP contribution in [0.5, 0.6) is 0 Å². The lowest BCUT2D eigenvalue weighted by molar-refractivity contribution is 0.199. The average molecular weight is 223 g/mol. The monoisotopic (exact) mass is 223 g/mol. The first-order valence-corrected chi connectivity index (χ1v) is 5.02. The first-order chi connectivity index (χ1) is 7.49. The molecule has 0 aliphatic rings. The highest BCUT2D eigenvalue weighted by atomic mass is 16.3. The van der Waals surface area contributed by atoms with Crippen LogP contribution in [0.3, 0.4) is 0 Å². The van der Waals surface area contributed by atoms with Gasteiger partial charge in [-0.25, -0.2) is 9.80 Å². The van der Waals surface area contributed by atoms with Crippen LogP contribution in [0, 0.1) is 0 Å². The van der Waals surface area contributed by atoms with E-state index in [1.807, 2.05) is 0 Å². The lowest BCUT2D eigenvalue weighted by atomic mass is 10.1. The first-order valence-electron chi connectivity index (χ1n) is 5.02. The zero-order chi connectivity index (χ0) is 12.1. The molecular weight excluding hydrogens is 206 g/mol. The van der Waals surface area contributed by atoms with Crippen LogP contribution < -0.4 is 10.7 Å². The Hall–Kier alpha value is -1.59. The van der Waals surface area contributed by atoms with E-state index >= 15 is 0 Å². The number of amides is 2. The molecule has 2 amide bonds. The van der Waals surface area contributed by atoms with Crippen molar-refractivity contribution >= 4 is 11.7 Å². The number of nitrogens with one attached hydrogen (secondary N) is 2. The summed E-state index contributed by atoms with van der Waals surface area (Å²) in [6.07, 6.45) is -0.543. The highest BCUT2D eigenvalue weighted by Crippen LogP contribution is 2.16. The molecule has 0 saturated heterocycles. The largest absolute Gasteiger partial charge is 0.389 e. The summed E-state index contributed by atoms with van der Waals surface area (Å²) in [6.45, 7) is 1.68. The van der Waals surface area contributed by atoms with Crippen molar-refractivity contribution < 1.29 is 9.90 Å². The third kappa shape index (κ3) is 3.88. The molecule has 1 rings (SSSR count). The number of aliphatic hydroxyl groups excluding tert-OH is 1. The van der Waals surface area contributed by atoms with Gasteiger partial charge in [0.25, 0.3) is 0 Å². The molecule has 0 fully saturated rings. The molecule has 0 heterocycles. The van der Waals surface area contributed by atoms with Crippen molar-refractivity contribution in [3.8, 4) is 0 Å². The van der Waals surface area contributed by atoms with E-state index in [9.17, 15) is 9.90 Å². The smallest absolute Gasteiger partial charge is 0.333 e. The number of benzene rings is 1. The topological polar surface area (TPSA) is 64.6 Å². The normalized spacial score (nSPS) is 12.3. The van der Waals surface area contributed by atoms with Gasteiger partial charge in [-0.15, -0.1) is 0 Å². The Bertz CT molecular complexity index is 364. The van der Waals surface area contributed by atoms with Crippen LogP contribution in [0.4, 0.5) is 10.5 Å². The molecule has 1 atom stereocenters.